The van der Waals surface area contributed by atoms with E-state index >= 15 is 0 Å². The zero-order chi connectivity index (χ0) is 14.0. The Balaban J connectivity index is 2.31. The van der Waals surface area contributed by atoms with Gasteiger partial charge in [-0.25, -0.2) is 13.2 Å². The van der Waals surface area contributed by atoms with Crippen LogP contribution in [0.1, 0.15) is 24.8 Å². The van der Waals surface area contributed by atoms with Crippen molar-refractivity contribution in [3.8, 4) is 0 Å². The van der Waals surface area contributed by atoms with Gasteiger partial charge in [0.1, 0.15) is 0 Å². The van der Waals surface area contributed by atoms with Crippen molar-refractivity contribution < 1.29 is 13.2 Å². The molecule has 1 N–H and O–H groups in total. The van der Waals surface area contributed by atoms with Gasteiger partial charge in [-0.15, -0.1) is 11.3 Å². The molecule has 1 atom stereocenters. The number of nitrogens with one attached hydrogen (secondary N) is 1. The van der Waals surface area contributed by atoms with Crippen molar-refractivity contribution >= 4 is 17.0 Å². The normalized spacial score (nSPS) is 12.7. The lowest BCUT2D eigenvalue weighted by atomic mass is 10.0. The molecule has 0 spiro atoms. The zero-order valence-electron chi connectivity index (χ0n) is 10.6. The van der Waals surface area contributed by atoms with Crippen LogP contribution in [0.15, 0.2) is 29.6 Å². The molecule has 1 heterocycles. The first-order chi connectivity index (χ1) is 9.00. The van der Waals surface area contributed by atoms with Gasteiger partial charge in [-0.05, 0) is 29.5 Å². The third-order valence-corrected chi connectivity index (χ3v) is 3.82. The minimum absolute atomic E-state index is 0.0222. The molecule has 0 saturated heterocycles. The fourth-order valence-corrected chi connectivity index (χ4v) is 2.79. The molecule has 0 amide bonds. The van der Waals surface area contributed by atoms with Gasteiger partial charge >= 0.3 is 0 Å². The highest BCUT2D eigenvalue weighted by Gasteiger charge is 2.20. The molecule has 0 aliphatic rings. The minimum Gasteiger partial charge on any atom is -0.375 e. The van der Waals surface area contributed by atoms with E-state index in [1.165, 1.54) is 17.4 Å². The molecule has 0 radical (unpaired) electrons. The molecule has 2 aromatic rings. The molecular formula is C14H14F3NS. The molecule has 1 aromatic heterocycles. The molecule has 102 valence electrons. The lowest BCUT2D eigenvalue weighted by Gasteiger charge is -2.22. The molecule has 5 heteroatoms. The van der Waals surface area contributed by atoms with Gasteiger partial charge in [-0.3, -0.25) is 0 Å². The van der Waals surface area contributed by atoms with E-state index in [9.17, 15) is 13.2 Å². The van der Waals surface area contributed by atoms with E-state index in [1.807, 2.05) is 31.4 Å². The van der Waals surface area contributed by atoms with Gasteiger partial charge in [0, 0.05) is 4.88 Å². The maximum Gasteiger partial charge on any atom is 0.196 e. The lowest BCUT2D eigenvalue weighted by molar-refractivity contribution is 0.446. The molecule has 0 fully saturated rings. The number of halogens is 3. The van der Waals surface area contributed by atoms with Crippen LogP contribution in [0.4, 0.5) is 18.9 Å². The number of benzene rings is 1. The Kier molecular flexibility index (Phi) is 4.14. The molecular weight excluding hydrogens is 271 g/mol. The van der Waals surface area contributed by atoms with Gasteiger partial charge in [-0.1, -0.05) is 19.9 Å². The van der Waals surface area contributed by atoms with Crippen LogP contribution in [-0.4, -0.2) is 0 Å². The average Bonchev–Trinajstić information content (AvgIpc) is 2.88. The molecule has 19 heavy (non-hydrogen) atoms. The van der Waals surface area contributed by atoms with E-state index in [-0.39, 0.29) is 17.6 Å². The highest BCUT2D eigenvalue weighted by Crippen LogP contribution is 2.31. The maximum absolute atomic E-state index is 13.7. The first-order valence-corrected chi connectivity index (χ1v) is 6.82. The van der Waals surface area contributed by atoms with Crippen molar-refractivity contribution in [3.63, 3.8) is 0 Å². The van der Waals surface area contributed by atoms with Gasteiger partial charge in [0.05, 0.1) is 11.7 Å². The highest BCUT2D eigenvalue weighted by molar-refractivity contribution is 7.10. The van der Waals surface area contributed by atoms with E-state index in [1.54, 1.807) is 0 Å². The summed E-state index contributed by atoms with van der Waals surface area (Å²) in [7, 11) is 0. The van der Waals surface area contributed by atoms with E-state index < -0.39 is 17.5 Å². The number of hydrogen-bond acceptors (Lipinski definition) is 2. The van der Waals surface area contributed by atoms with Crippen molar-refractivity contribution in [1.82, 2.24) is 0 Å². The summed E-state index contributed by atoms with van der Waals surface area (Å²) in [5.74, 6) is -3.62. The van der Waals surface area contributed by atoms with Gasteiger partial charge in [0.25, 0.3) is 0 Å². The maximum atomic E-state index is 13.7. The zero-order valence-corrected chi connectivity index (χ0v) is 11.4. The molecule has 1 aromatic carbocycles. The standard InChI is InChI=1S/C14H14F3NS/c1-8(2)14(11-4-3-7-19-11)18-10-6-5-9(15)12(16)13(10)17/h3-8,14,18H,1-2H3. The van der Waals surface area contributed by atoms with Crippen molar-refractivity contribution in [1.29, 1.82) is 0 Å². The Morgan fingerprint density at radius 1 is 1.05 bits per heavy atom. The summed E-state index contributed by atoms with van der Waals surface area (Å²) < 4.78 is 39.7. The highest BCUT2D eigenvalue weighted by atomic mass is 32.1. The van der Waals surface area contributed by atoms with Gasteiger partial charge < -0.3 is 5.32 Å². The van der Waals surface area contributed by atoms with Crippen molar-refractivity contribution in [2.45, 2.75) is 19.9 Å². The number of anilines is 1. The van der Waals surface area contributed by atoms with Crippen LogP contribution in [0.2, 0.25) is 0 Å². The predicted molar refractivity (Wildman–Crippen MR) is 71.8 cm³/mol. The smallest absolute Gasteiger partial charge is 0.196 e. The summed E-state index contributed by atoms with van der Waals surface area (Å²) in [4.78, 5) is 1.03. The van der Waals surface area contributed by atoms with E-state index in [0.29, 0.717) is 0 Å². The van der Waals surface area contributed by atoms with E-state index in [2.05, 4.69) is 5.32 Å². The van der Waals surface area contributed by atoms with E-state index in [4.69, 9.17) is 0 Å². The van der Waals surface area contributed by atoms with Gasteiger partial charge in [0.2, 0.25) is 0 Å². The fourth-order valence-electron chi connectivity index (χ4n) is 1.84. The van der Waals surface area contributed by atoms with Crippen LogP contribution in [-0.2, 0) is 0 Å². The number of thiophene rings is 1. The monoisotopic (exact) mass is 285 g/mol. The Labute approximate surface area is 114 Å². The first-order valence-electron chi connectivity index (χ1n) is 5.94. The molecule has 0 aliphatic heterocycles. The summed E-state index contributed by atoms with van der Waals surface area (Å²) in [5, 5.41) is 4.87. The lowest BCUT2D eigenvalue weighted by Crippen LogP contribution is -2.17. The predicted octanol–water partition coefficient (Wildman–Crippen LogP) is 4.97. The summed E-state index contributed by atoms with van der Waals surface area (Å²) in [6, 6.07) is 5.83. The van der Waals surface area contributed by atoms with E-state index in [0.717, 1.165) is 10.9 Å². The molecule has 2 rings (SSSR count). The summed E-state index contributed by atoms with van der Waals surface area (Å²) in [6.07, 6.45) is 0. The largest absolute Gasteiger partial charge is 0.375 e. The Morgan fingerprint density at radius 2 is 1.79 bits per heavy atom. The number of rotatable bonds is 4. The quantitative estimate of drug-likeness (QED) is 0.782. The van der Waals surface area contributed by atoms with Crippen LogP contribution in [0.25, 0.3) is 0 Å². The van der Waals surface area contributed by atoms with Crippen LogP contribution in [0.5, 0.6) is 0 Å². The topological polar surface area (TPSA) is 12.0 Å². The Bertz CT molecular complexity index is 552. The number of hydrogen-bond donors (Lipinski definition) is 1. The van der Waals surface area contributed by atoms with Gasteiger partial charge in [-0.2, -0.15) is 0 Å². The Morgan fingerprint density at radius 3 is 2.37 bits per heavy atom. The molecule has 0 bridgehead atoms. The molecule has 1 unspecified atom stereocenters. The summed E-state index contributed by atoms with van der Waals surface area (Å²) >= 11 is 1.54. The van der Waals surface area contributed by atoms with Crippen molar-refractivity contribution in [2.75, 3.05) is 5.32 Å². The second-order valence-electron chi connectivity index (χ2n) is 4.60. The second-order valence-corrected chi connectivity index (χ2v) is 5.58. The van der Waals surface area contributed by atoms with Crippen LogP contribution in [0, 0.1) is 23.4 Å². The second kappa shape index (κ2) is 5.65. The third-order valence-electron chi connectivity index (χ3n) is 2.86. The minimum atomic E-state index is -1.45. The van der Waals surface area contributed by atoms with Gasteiger partial charge in [0.15, 0.2) is 17.5 Å². The van der Waals surface area contributed by atoms with Crippen molar-refractivity contribution in [3.05, 3.63) is 52.0 Å². The average molecular weight is 285 g/mol. The fraction of sp³-hybridized carbons (Fsp3) is 0.286. The SMILES string of the molecule is CC(C)C(Nc1ccc(F)c(F)c1F)c1cccs1. The summed E-state index contributed by atoms with van der Waals surface area (Å²) in [6.45, 7) is 3.96. The van der Waals surface area contributed by atoms with Crippen molar-refractivity contribution in [2.24, 2.45) is 5.92 Å². The van der Waals surface area contributed by atoms with Crippen LogP contribution < -0.4 is 5.32 Å². The van der Waals surface area contributed by atoms with Crippen LogP contribution >= 0.6 is 11.3 Å². The third kappa shape index (κ3) is 2.92. The Hall–Kier alpha value is -1.49. The first kappa shape index (κ1) is 13.9. The summed E-state index contributed by atoms with van der Waals surface area (Å²) in [5.41, 5.74) is -0.0222. The molecule has 0 aliphatic carbocycles. The molecule has 0 saturated carbocycles. The van der Waals surface area contributed by atoms with Crippen LogP contribution in [0.3, 0.4) is 0 Å². The molecule has 1 nitrogen and oxygen atoms in total.